The number of carbonyl (C=O) groups excluding carboxylic acids is 1. The summed E-state index contributed by atoms with van der Waals surface area (Å²) in [6, 6.07) is 10.3. The summed E-state index contributed by atoms with van der Waals surface area (Å²) in [5.41, 5.74) is 3.83. The van der Waals surface area contributed by atoms with Gasteiger partial charge in [-0.2, -0.15) is 5.10 Å². The molecular formula is C22H28N2O. The molecule has 0 spiro atoms. The van der Waals surface area contributed by atoms with E-state index in [2.05, 4.69) is 30.2 Å². The van der Waals surface area contributed by atoms with Gasteiger partial charge in [0, 0.05) is 12.7 Å². The standard InChI is InChI=1S/C22H28N2O/c1-4-6-8-11-20(16-19-12-9-7-10-13-19)14-15-22(25)21-17-24(5-2)23-18(21)3/h7,9-10,12-17H,4-6,8,11H2,1-3H3/b15-14+,20-16-. The molecule has 2 aromatic rings. The van der Waals surface area contributed by atoms with Crippen molar-refractivity contribution in [2.75, 3.05) is 0 Å². The molecule has 0 unspecified atom stereocenters. The summed E-state index contributed by atoms with van der Waals surface area (Å²) >= 11 is 0. The number of ketones is 1. The second-order valence-electron chi connectivity index (χ2n) is 6.27. The van der Waals surface area contributed by atoms with E-state index in [1.54, 1.807) is 10.8 Å². The molecule has 0 radical (unpaired) electrons. The molecule has 0 saturated carbocycles. The molecule has 0 N–H and O–H groups in total. The molecular weight excluding hydrogens is 308 g/mol. The van der Waals surface area contributed by atoms with Crippen LogP contribution in [-0.4, -0.2) is 15.6 Å². The molecule has 1 aromatic carbocycles. The van der Waals surface area contributed by atoms with Crippen molar-refractivity contribution in [3.05, 3.63) is 71.1 Å². The van der Waals surface area contributed by atoms with Gasteiger partial charge in [-0.25, -0.2) is 0 Å². The number of hydrogen-bond donors (Lipinski definition) is 0. The number of rotatable bonds is 9. The molecule has 0 saturated heterocycles. The van der Waals surface area contributed by atoms with Gasteiger partial charge in [-0.05, 0) is 43.9 Å². The maximum absolute atomic E-state index is 12.5. The van der Waals surface area contributed by atoms with E-state index in [-0.39, 0.29) is 5.78 Å². The zero-order chi connectivity index (χ0) is 18.1. The van der Waals surface area contributed by atoms with Gasteiger partial charge in [-0.1, -0.05) is 62.2 Å². The van der Waals surface area contributed by atoms with Gasteiger partial charge in [0.2, 0.25) is 0 Å². The zero-order valence-electron chi connectivity index (χ0n) is 15.5. The molecule has 25 heavy (non-hydrogen) atoms. The highest BCUT2D eigenvalue weighted by Crippen LogP contribution is 2.16. The SMILES string of the molecule is CCCCCC(=C/c1ccccc1)/C=C/C(=O)c1cn(CC)nc1C. The summed E-state index contributed by atoms with van der Waals surface area (Å²) in [5, 5.41) is 4.35. The van der Waals surface area contributed by atoms with Crippen LogP contribution in [0.5, 0.6) is 0 Å². The Morgan fingerprint density at radius 1 is 1.12 bits per heavy atom. The Bertz CT molecular complexity index is 739. The van der Waals surface area contributed by atoms with E-state index in [4.69, 9.17) is 0 Å². The van der Waals surface area contributed by atoms with E-state index in [0.717, 1.165) is 25.1 Å². The van der Waals surface area contributed by atoms with Gasteiger partial charge in [0.1, 0.15) is 0 Å². The van der Waals surface area contributed by atoms with Crippen LogP contribution in [0, 0.1) is 6.92 Å². The van der Waals surface area contributed by atoms with Crippen LogP contribution in [0.1, 0.15) is 61.1 Å². The predicted molar refractivity (Wildman–Crippen MR) is 105 cm³/mol. The van der Waals surface area contributed by atoms with E-state index in [1.807, 2.05) is 44.3 Å². The minimum Gasteiger partial charge on any atom is -0.289 e. The number of allylic oxidation sites excluding steroid dienone is 3. The summed E-state index contributed by atoms with van der Waals surface area (Å²) < 4.78 is 1.80. The van der Waals surface area contributed by atoms with Crippen molar-refractivity contribution in [3.8, 4) is 0 Å². The first-order chi connectivity index (χ1) is 12.1. The highest BCUT2D eigenvalue weighted by molar-refractivity contribution is 6.05. The monoisotopic (exact) mass is 336 g/mol. The molecule has 3 nitrogen and oxygen atoms in total. The molecule has 0 atom stereocenters. The summed E-state index contributed by atoms with van der Waals surface area (Å²) in [6.45, 7) is 6.88. The molecule has 0 aliphatic heterocycles. The third kappa shape index (κ3) is 5.86. The molecule has 2 rings (SSSR count). The van der Waals surface area contributed by atoms with Crippen LogP contribution < -0.4 is 0 Å². The van der Waals surface area contributed by atoms with Crippen LogP contribution in [0.2, 0.25) is 0 Å². The normalized spacial score (nSPS) is 12.0. The van der Waals surface area contributed by atoms with Gasteiger partial charge < -0.3 is 0 Å². The van der Waals surface area contributed by atoms with Crippen molar-refractivity contribution in [3.63, 3.8) is 0 Å². The quantitative estimate of drug-likeness (QED) is 0.258. The third-order valence-corrected chi connectivity index (χ3v) is 4.21. The number of carbonyl (C=O) groups is 1. The first kappa shape index (κ1) is 18.9. The lowest BCUT2D eigenvalue weighted by Crippen LogP contribution is -1.95. The topological polar surface area (TPSA) is 34.9 Å². The third-order valence-electron chi connectivity index (χ3n) is 4.21. The van der Waals surface area contributed by atoms with Crippen LogP contribution >= 0.6 is 0 Å². The van der Waals surface area contributed by atoms with E-state index >= 15 is 0 Å². The Balaban J connectivity index is 2.16. The summed E-state index contributed by atoms with van der Waals surface area (Å²) in [7, 11) is 0. The average molecular weight is 336 g/mol. The van der Waals surface area contributed by atoms with E-state index in [0.29, 0.717) is 5.56 Å². The molecule has 1 aromatic heterocycles. The fourth-order valence-electron chi connectivity index (χ4n) is 2.74. The van der Waals surface area contributed by atoms with E-state index < -0.39 is 0 Å². The molecule has 1 heterocycles. The van der Waals surface area contributed by atoms with Crippen LogP contribution in [-0.2, 0) is 6.54 Å². The van der Waals surface area contributed by atoms with Gasteiger partial charge in [0.05, 0.1) is 11.3 Å². The maximum Gasteiger partial charge on any atom is 0.189 e. The lowest BCUT2D eigenvalue weighted by Gasteiger charge is -2.03. The Labute approximate surface area is 151 Å². The smallest absolute Gasteiger partial charge is 0.189 e. The van der Waals surface area contributed by atoms with Crippen molar-refractivity contribution in [2.45, 2.75) is 53.0 Å². The number of benzene rings is 1. The van der Waals surface area contributed by atoms with Gasteiger partial charge in [-0.3, -0.25) is 9.48 Å². The molecule has 132 valence electrons. The lowest BCUT2D eigenvalue weighted by molar-refractivity contribution is 0.104. The highest BCUT2D eigenvalue weighted by Gasteiger charge is 2.10. The van der Waals surface area contributed by atoms with Gasteiger partial charge in [0.25, 0.3) is 0 Å². The number of nitrogens with zero attached hydrogens (tertiary/aromatic N) is 2. The van der Waals surface area contributed by atoms with Gasteiger partial charge in [0.15, 0.2) is 5.78 Å². The maximum atomic E-state index is 12.5. The van der Waals surface area contributed by atoms with Gasteiger partial charge in [-0.15, -0.1) is 0 Å². The number of unbranched alkanes of at least 4 members (excludes halogenated alkanes) is 2. The lowest BCUT2D eigenvalue weighted by atomic mass is 10.0. The fourth-order valence-corrected chi connectivity index (χ4v) is 2.74. The minimum absolute atomic E-state index is 0.0200. The number of aromatic nitrogens is 2. The molecule has 3 heteroatoms. The molecule has 0 bridgehead atoms. The number of hydrogen-bond acceptors (Lipinski definition) is 2. The molecule has 0 aliphatic carbocycles. The first-order valence-electron chi connectivity index (χ1n) is 9.16. The van der Waals surface area contributed by atoms with Crippen molar-refractivity contribution >= 4 is 11.9 Å². The molecule has 0 amide bonds. The molecule has 0 fully saturated rings. The summed E-state index contributed by atoms with van der Waals surface area (Å²) in [6.07, 6.45) is 12.2. The van der Waals surface area contributed by atoms with E-state index in [1.165, 1.54) is 24.0 Å². The highest BCUT2D eigenvalue weighted by atomic mass is 16.1. The van der Waals surface area contributed by atoms with Crippen LogP contribution in [0.15, 0.2) is 54.3 Å². The van der Waals surface area contributed by atoms with Crippen molar-refractivity contribution in [2.24, 2.45) is 0 Å². The zero-order valence-corrected chi connectivity index (χ0v) is 15.5. The molecule has 0 aliphatic rings. The first-order valence-corrected chi connectivity index (χ1v) is 9.16. The summed E-state index contributed by atoms with van der Waals surface area (Å²) in [5.74, 6) is 0.0200. The van der Waals surface area contributed by atoms with E-state index in [9.17, 15) is 4.79 Å². The van der Waals surface area contributed by atoms with Gasteiger partial charge >= 0.3 is 0 Å². The Morgan fingerprint density at radius 3 is 2.52 bits per heavy atom. The minimum atomic E-state index is 0.0200. The number of aryl methyl sites for hydroxylation is 2. The second kappa shape index (κ2) is 9.77. The second-order valence-corrected chi connectivity index (χ2v) is 6.27. The average Bonchev–Trinajstić information content (AvgIpc) is 3.01. The van der Waals surface area contributed by atoms with Crippen LogP contribution in [0.3, 0.4) is 0 Å². The van der Waals surface area contributed by atoms with Crippen molar-refractivity contribution < 1.29 is 4.79 Å². The van der Waals surface area contributed by atoms with Crippen molar-refractivity contribution in [1.82, 2.24) is 9.78 Å². The Kier molecular flexibility index (Phi) is 7.39. The van der Waals surface area contributed by atoms with Crippen LogP contribution in [0.25, 0.3) is 6.08 Å². The summed E-state index contributed by atoms with van der Waals surface area (Å²) in [4.78, 5) is 12.5. The van der Waals surface area contributed by atoms with Crippen molar-refractivity contribution in [1.29, 1.82) is 0 Å². The predicted octanol–water partition coefficient (Wildman–Crippen LogP) is 5.61. The van der Waals surface area contributed by atoms with Crippen LogP contribution in [0.4, 0.5) is 0 Å². The largest absolute Gasteiger partial charge is 0.289 e. The Morgan fingerprint density at radius 2 is 1.88 bits per heavy atom. The fraction of sp³-hybridized carbons (Fsp3) is 0.364. The Hall–Kier alpha value is -2.42.